The number of hydrogen-bond donors (Lipinski definition) is 4. The van der Waals surface area contributed by atoms with Crippen LogP contribution in [0.4, 0.5) is 39.5 Å². The van der Waals surface area contributed by atoms with Crippen molar-refractivity contribution in [1.82, 2.24) is 83.3 Å². The van der Waals surface area contributed by atoms with E-state index in [4.69, 9.17) is 20.0 Å². The number of aryl methyl sites for hydroxylation is 5. The summed E-state index contributed by atoms with van der Waals surface area (Å²) in [5.74, 6) is 1.15. The molecule has 17 rings (SSSR count). The predicted octanol–water partition coefficient (Wildman–Crippen LogP) is 12.3. The average molecular weight is 1530 g/mol. The molecule has 550 valence electrons. The fourth-order valence-corrected chi connectivity index (χ4v) is 12.6. The zero-order chi connectivity index (χ0) is 73.8. The Morgan fingerprint density at radius 2 is 1.00 bits per heavy atom. The van der Waals surface area contributed by atoms with Gasteiger partial charge in [0.05, 0.1) is 85.1 Å². The molecule has 0 fully saturated rings. The minimum absolute atomic E-state index is 0. The minimum atomic E-state index is -4.72. The molecule has 32 heteroatoms. The van der Waals surface area contributed by atoms with Gasteiger partial charge in [-0.3, -0.25) is 4.79 Å². The number of imidazole rings is 4. The van der Waals surface area contributed by atoms with Gasteiger partial charge in [0.2, 0.25) is 0 Å². The topological polar surface area (TPSA) is 242 Å². The number of carbonyl (C=O) groups excluding carboxylic acids is 1. The summed E-state index contributed by atoms with van der Waals surface area (Å²) in [4.78, 5) is 70.1. The monoisotopic (exact) mass is 1530 g/mol. The Bertz CT molecular complexity index is 5660. The molecule has 108 heavy (non-hydrogen) atoms. The first-order valence-corrected chi connectivity index (χ1v) is 32.3. The van der Waals surface area contributed by atoms with Crippen LogP contribution in [-0.2, 0) is 51.4 Å². The second kappa shape index (κ2) is 30.6. The van der Waals surface area contributed by atoms with E-state index in [2.05, 4.69) is 55.2 Å². The van der Waals surface area contributed by atoms with E-state index in [0.717, 1.165) is 17.4 Å². The van der Waals surface area contributed by atoms with Gasteiger partial charge in [-0.2, -0.15) is 39.5 Å². The van der Waals surface area contributed by atoms with Gasteiger partial charge in [0.25, 0.3) is 0 Å². The molecule has 17 heterocycles. The summed E-state index contributed by atoms with van der Waals surface area (Å²) in [6.45, 7) is 3.89. The van der Waals surface area contributed by atoms with E-state index in [1.165, 1.54) is 48.8 Å². The molecular formula is C76H63ClF9MnN20O. The summed E-state index contributed by atoms with van der Waals surface area (Å²) >= 11 is 0. The molecule has 21 nitrogen and oxygen atoms in total. The molecule has 0 amide bonds. The molecular weight excluding hydrogens is 1470 g/mol. The number of halogens is 10. The Labute approximate surface area is 627 Å². The number of aromatic amines is 3. The third-order valence-electron chi connectivity index (χ3n) is 17.8. The second-order valence-corrected chi connectivity index (χ2v) is 24.5. The van der Waals surface area contributed by atoms with Gasteiger partial charge in [0, 0.05) is 138 Å². The maximum atomic E-state index is 14.7. The van der Waals surface area contributed by atoms with Gasteiger partial charge in [0.1, 0.15) is 34.8 Å². The maximum Gasteiger partial charge on any atom is 3.00 e. The van der Waals surface area contributed by atoms with E-state index in [0.29, 0.717) is 119 Å². The normalized spacial score (nSPS) is 15.5. The summed E-state index contributed by atoms with van der Waals surface area (Å²) in [5, 5.41) is 3.18. The largest absolute Gasteiger partial charge is 3.00 e. The standard InChI is InChI=1S/C30H23F3N8.C30H21F3N8.C10H9F3N2.C5H6N2O.CH4.ClH.Mn/c2*1-16-17-4-6-19(36-17)25(28-34-12-14-40(28)2)21-8-10-23(38-21)27(30(31,32)33)24-11-9-22(39-24)26(20-7-5-18(16)37-20)29-35-13-15-41(29)3;11-10(12,13)9(7-3-1-5-14-7)8-4-2-6-15-8;1-7-3-2-6-5(7)4-8;;;/h4-15,34,39H,1-3H3;4-15H,1-3H3;1-6,9,14-15H;2-4H,1H3;1H4;1H;/q;-2;;;;;+3/p-1. The van der Waals surface area contributed by atoms with Crippen LogP contribution in [0.2, 0.25) is 0 Å². The zero-order valence-corrected chi connectivity index (χ0v) is 59.3. The van der Waals surface area contributed by atoms with Crippen molar-refractivity contribution in [1.29, 1.82) is 0 Å². The molecule has 0 unspecified atom stereocenters. The number of H-pyrrole nitrogens is 3. The fraction of sp³-hybridized carbons (Fsp3) is 0.158. The summed E-state index contributed by atoms with van der Waals surface area (Å²) in [6.07, 6.45) is 24.2. The van der Waals surface area contributed by atoms with Crippen LogP contribution in [0.5, 0.6) is 0 Å². The molecule has 10 aromatic rings. The van der Waals surface area contributed by atoms with Crippen molar-refractivity contribution < 1.29 is 73.8 Å². The van der Waals surface area contributed by atoms with Crippen LogP contribution in [-0.4, -0.2) is 111 Å². The molecule has 0 spiro atoms. The van der Waals surface area contributed by atoms with Crippen LogP contribution in [0.1, 0.15) is 93.4 Å². The van der Waals surface area contributed by atoms with E-state index in [-0.39, 0.29) is 70.9 Å². The number of nitrogens with zero attached hydrogens (tertiary/aromatic N) is 16. The van der Waals surface area contributed by atoms with Crippen molar-refractivity contribution in [2.24, 2.45) is 43.2 Å². The van der Waals surface area contributed by atoms with Crippen molar-refractivity contribution in [2.45, 2.75) is 45.7 Å². The third-order valence-corrected chi connectivity index (χ3v) is 17.8. The van der Waals surface area contributed by atoms with Gasteiger partial charge >= 0.3 is 35.6 Å². The number of rotatable bonds is 6. The molecule has 16 bridgehead atoms. The van der Waals surface area contributed by atoms with E-state index in [9.17, 15) is 44.3 Å². The Balaban J connectivity index is 0.000000163. The Kier molecular flexibility index (Phi) is 21.8. The number of carbonyl (C=O) groups is 1. The van der Waals surface area contributed by atoms with Crippen molar-refractivity contribution in [3.05, 3.63) is 274 Å². The third kappa shape index (κ3) is 15.0. The molecule has 10 aromatic heterocycles. The first-order chi connectivity index (χ1) is 50.3. The van der Waals surface area contributed by atoms with Gasteiger partial charge in [-0.15, -0.1) is 22.1 Å². The van der Waals surface area contributed by atoms with Crippen LogP contribution in [0.15, 0.2) is 221 Å². The minimum Gasteiger partial charge on any atom is -1.00 e. The van der Waals surface area contributed by atoms with Gasteiger partial charge in [-0.05, 0) is 117 Å². The van der Waals surface area contributed by atoms with E-state index >= 15 is 0 Å². The Morgan fingerprint density at radius 3 is 1.51 bits per heavy atom. The van der Waals surface area contributed by atoms with Gasteiger partial charge in [-0.1, -0.05) is 31.7 Å². The van der Waals surface area contributed by atoms with E-state index in [1.54, 1.807) is 113 Å². The van der Waals surface area contributed by atoms with Crippen LogP contribution >= 0.6 is 0 Å². The van der Waals surface area contributed by atoms with Crippen LogP contribution in [0, 0.1) is 6.92 Å². The second-order valence-electron chi connectivity index (χ2n) is 24.5. The molecule has 7 aliphatic heterocycles. The maximum absolute atomic E-state index is 14.7. The smallest absolute Gasteiger partial charge is 1.00 e. The van der Waals surface area contributed by atoms with Crippen molar-refractivity contribution >= 4 is 80.9 Å². The first-order valence-electron chi connectivity index (χ1n) is 32.3. The average Bonchev–Trinajstić information content (AvgIpc) is 1.61. The number of fused-ring (bicyclic) bond motifs is 13. The quantitative estimate of drug-likeness (QED) is 0.0693. The SMILES string of the molecule is C.CC1=C2C=CC(=N2)C(=C2NC=CN2C)C2=NC(=C(C(F)(F)F)c3ccc([nH]3)C(c3nccn3C)=C3C=CC1=N3)C=C2.Cc1c2nc(c(-c3nccn3C)c3ccc([n-]3)c(C(F)(F)F)c3nc(c(-c4nccn4C)c4ccc1[n-]4)C=C3)C=C2.Cn1ccnc1C=O.FC(F)(F)C(c1ccc[nH]1)c1ccc[nH]1.[Cl-].[Mn+3]. The molecule has 0 saturated carbocycles. The summed E-state index contributed by atoms with van der Waals surface area (Å²) in [5.41, 5.74) is 8.13. The Morgan fingerprint density at radius 1 is 0.509 bits per heavy atom. The van der Waals surface area contributed by atoms with Gasteiger partial charge in [-0.25, -0.2) is 44.9 Å². The number of aldehydes is 1. The fourth-order valence-electron chi connectivity index (χ4n) is 12.6. The number of allylic oxidation sites excluding steroid dienone is 9. The van der Waals surface area contributed by atoms with E-state index < -0.39 is 35.6 Å². The van der Waals surface area contributed by atoms with E-state index in [1.807, 2.05) is 106 Å². The molecule has 0 radical (unpaired) electrons. The number of alkyl halides is 9. The molecule has 0 saturated heterocycles. The number of nitrogens with one attached hydrogen (secondary N) is 4. The van der Waals surface area contributed by atoms with Crippen molar-refractivity contribution in [3.63, 3.8) is 0 Å². The Hall–Kier alpha value is -12.3. The number of aromatic nitrogens is 15. The summed E-state index contributed by atoms with van der Waals surface area (Å²) in [6, 6.07) is 15.6. The van der Waals surface area contributed by atoms with Gasteiger partial charge in [0.15, 0.2) is 12.1 Å². The number of aliphatic imine (C=N–C) groups is 3. The molecule has 7 aliphatic rings. The van der Waals surface area contributed by atoms with Crippen molar-refractivity contribution in [3.8, 4) is 22.8 Å². The zero-order valence-electron chi connectivity index (χ0n) is 57.4. The molecule has 4 N–H and O–H groups in total. The predicted molar refractivity (Wildman–Crippen MR) is 388 cm³/mol. The van der Waals surface area contributed by atoms with Crippen LogP contribution in [0.25, 0.3) is 80.3 Å². The van der Waals surface area contributed by atoms with Crippen molar-refractivity contribution in [2.75, 3.05) is 7.05 Å². The molecule has 0 atom stereocenters. The molecule has 0 aromatic carbocycles. The molecule has 0 aliphatic carbocycles. The number of hydrogen-bond acceptors (Lipinski definition) is 12. The van der Waals surface area contributed by atoms with Gasteiger partial charge < -0.3 is 65.8 Å². The summed E-state index contributed by atoms with van der Waals surface area (Å²) < 4.78 is 133. The first kappa shape index (κ1) is 76.8. The van der Waals surface area contributed by atoms with Crippen LogP contribution < -0.4 is 27.7 Å². The van der Waals surface area contributed by atoms with Crippen LogP contribution in [0.3, 0.4) is 0 Å². The summed E-state index contributed by atoms with van der Waals surface area (Å²) in [7, 11) is 9.08.